The quantitative estimate of drug-likeness (QED) is 0.744. The Morgan fingerprint density at radius 3 is 2.42 bits per heavy atom. The van der Waals surface area contributed by atoms with Gasteiger partial charge in [0.2, 0.25) is 0 Å². The van der Waals surface area contributed by atoms with Crippen LogP contribution in [0.15, 0.2) is 49.4 Å². The van der Waals surface area contributed by atoms with E-state index in [4.69, 9.17) is 0 Å². The molecule has 0 amide bonds. The molecule has 1 aromatic carbocycles. The zero-order chi connectivity index (χ0) is 16.5. The van der Waals surface area contributed by atoms with E-state index in [1.54, 1.807) is 12.3 Å². The van der Waals surface area contributed by atoms with Crippen LogP contribution in [0.5, 0.6) is 0 Å². The third-order valence-corrected chi connectivity index (χ3v) is 4.66. The largest absolute Gasteiger partial charge is 0.369 e. The van der Waals surface area contributed by atoms with Crippen molar-refractivity contribution in [3.8, 4) is 5.69 Å². The minimum Gasteiger partial charge on any atom is -0.369 e. The van der Waals surface area contributed by atoms with Crippen LogP contribution >= 0.6 is 0 Å². The fraction of sp³-hybridized carbons (Fsp3) is 0.263. The lowest BCUT2D eigenvalue weighted by Crippen LogP contribution is -2.44. The van der Waals surface area contributed by atoms with Gasteiger partial charge < -0.3 is 9.80 Å². The molecule has 2 aromatic heterocycles. The van der Waals surface area contributed by atoms with E-state index in [1.165, 1.54) is 5.69 Å². The maximum Gasteiger partial charge on any atom is 0.107 e. The molecule has 3 aromatic rings. The standard InChI is InChI=1S/C19H21N5/c1-3-15-12-19-18(13-20-15)21-14-24(19)17-6-4-16(5-7-17)23-10-8-22(2)9-11-23/h3-7,12-14H,1,8-11H2,2H3. The molecule has 0 radical (unpaired) electrons. The van der Waals surface area contributed by atoms with Crippen molar-refractivity contribution in [1.29, 1.82) is 0 Å². The van der Waals surface area contributed by atoms with E-state index < -0.39 is 0 Å². The monoisotopic (exact) mass is 319 g/mol. The van der Waals surface area contributed by atoms with E-state index in [0.717, 1.165) is 48.6 Å². The highest BCUT2D eigenvalue weighted by molar-refractivity contribution is 5.78. The van der Waals surface area contributed by atoms with Crippen LogP contribution in [0.1, 0.15) is 5.69 Å². The van der Waals surface area contributed by atoms with Gasteiger partial charge in [-0.25, -0.2) is 4.98 Å². The van der Waals surface area contributed by atoms with E-state index in [2.05, 4.69) is 62.2 Å². The molecule has 122 valence electrons. The number of hydrogen-bond donors (Lipinski definition) is 0. The number of likely N-dealkylation sites (N-methyl/N-ethyl adjacent to an activating group) is 1. The summed E-state index contributed by atoms with van der Waals surface area (Å²) in [5.74, 6) is 0. The summed E-state index contributed by atoms with van der Waals surface area (Å²) in [6.45, 7) is 8.19. The molecule has 1 aliphatic heterocycles. The second-order valence-electron chi connectivity index (χ2n) is 6.22. The topological polar surface area (TPSA) is 37.2 Å². The first kappa shape index (κ1) is 14.9. The van der Waals surface area contributed by atoms with Gasteiger partial charge >= 0.3 is 0 Å². The van der Waals surface area contributed by atoms with Crippen LogP contribution in [0.4, 0.5) is 5.69 Å². The maximum absolute atomic E-state index is 4.44. The molecule has 1 saturated heterocycles. The van der Waals surface area contributed by atoms with E-state index in [-0.39, 0.29) is 0 Å². The Kier molecular flexibility index (Phi) is 3.78. The molecule has 0 unspecified atom stereocenters. The first-order valence-electron chi connectivity index (χ1n) is 8.24. The van der Waals surface area contributed by atoms with Gasteiger partial charge in [-0.1, -0.05) is 6.58 Å². The highest BCUT2D eigenvalue weighted by atomic mass is 15.2. The average Bonchev–Trinajstić information content (AvgIpc) is 3.05. The van der Waals surface area contributed by atoms with Crippen LogP contribution < -0.4 is 4.90 Å². The number of nitrogens with zero attached hydrogens (tertiary/aromatic N) is 5. The predicted molar refractivity (Wildman–Crippen MR) is 98.7 cm³/mol. The lowest BCUT2D eigenvalue weighted by Gasteiger charge is -2.34. The predicted octanol–water partition coefficient (Wildman–Crippen LogP) is 2.82. The summed E-state index contributed by atoms with van der Waals surface area (Å²) in [4.78, 5) is 13.6. The van der Waals surface area contributed by atoms with E-state index >= 15 is 0 Å². The lowest BCUT2D eigenvalue weighted by atomic mass is 10.2. The van der Waals surface area contributed by atoms with Gasteiger partial charge in [0.15, 0.2) is 0 Å². The zero-order valence-electron chi connectivity index (χ0n) is 13.9. The average molecular weight is 319 g/mol. The smallest absolute Gasteiger partial charge is 0.107 e. The van der Waals surface area contributed by atoms with Gasteiger partial charge in [-0.2, -0.15) is 0 Å². The van der Waals surface area contributed by atoms with Gasteiger partial charge in [-0.3, -0.25) is 9.55 Å². The third kappa shape index (κ3) is 2.67. The van der Waals surface area contributed by atoms with Crippen molar-refractivity contribution in [2.75, 3.05) is 38.1 Å². The van der Waals surface area contributed by atoms with Crippen molar-refractivity contribution in [3.05, 3.63) is 55.1 Å². The summed E-state index contributed by atoms with van der Waals surface area (Å²) in [7, 11) is 2.18. The van der Waals surface area contributed by atoms with Crippen molar-refractivity contribution in [2.45, 2.75) is 0 Å². The van der Waals surface area contributed by atoms with Gasteiger partial charge in [0.25, 0.3) is 0 Å². The molecule has 5 heteroatoms. The van der Waals surface area contributed by atoms with Crippen LogP contribution in [0.25, 0.3) is 22.8 Å². The highest BCUT2D eigenvalue weighted by Gasteiger charge is 2.14. The minimum atomic E-state index is 0.860. The molecule has 0 atom stereocenters. The Balaban J connectivity index is 1.64. The second-order valence-corrected chi connectivity index (χ2v) is 6.22. The molecule has 0 aliphatic carbocycles. The molecule has 24 heavy (non-hydrogen) atoms. The molecule has 5 nitrogen and oxygen atoms in total. The number of imidazole rings is 1. The highest BCUT2D eigenvalue weighted by Crippen LogP contribution is 2.22. The number of rotatable bonds is 3. The fourth-order valence-corrected chi connectivity index (χ4v) is 3.13. The Bertz CT molecular complexity index is 857. The number of pyridine rings is 1. The van der Waals surface area contributed by atoms with E-state index in [9.17, 15) is 0 Å². The molecule has 1 fully saturated rings. The Hall–Kier alpha value is -2.66. The second kappa shape index (κ2) is 6.09. The lowest BCUT2D eigenvalue weighted by molar-refractivity contribution is 0.313. The number of aromatic nitrogens is 3. The number of anilines is 1. The van der Waals surface area contributed by atoms with Crippen molar-refractivity contribution < 1.29 is 0 Å². The van der Waals surface area contributed by atoms with Gasteiger partial charge in [0.1, 0.15) is 11.8 Å². The molecule has 1 aliphatic rings. The Labute approximate surface area is 141 Å². The zero-order valence-corrected chi connectivity index (χ0v) is 13.9. The molecule has 3 heterocycles. The normalized spacial score (nSPS) is 15.8. The van der Waals surface area contributed by atoms with Crippen molar-refractivity contribution >= 4 is 22.8 Å². The van der Waals surface area contributed by atoms with Crippen LogP contribution in [0.3, 0.4) is 0 Å². The van der Waals surface area contributed by atoms with Gasteiger partial charge in [0.05, 0.1) is 17.4 Å². The van der Waals surface area contributed by atoms with Crippen molar-refractivity contribution in [2.24, 2.45) is 0 Å². The van der Waals surface area contributed by atoms with Crippen LogP contribution in [-0.2, 0) is 0 Å². The molecule has 0 saturated carbocycles. The SMILES string of the molecule is C=Cc1cc2c(cn1)ncn2-c1ccc(N2CCN(C)CC2)cc1. The van der Waals surface area contributed by atoms with Gasteiger partial charge in [0, 0.05) is 37.6 Å². The van der Waals surface area contributed by atoms with E-state index in [1.807, 2.05) is 12.4 Å². The number of piperazine rings is 1. The minimum absolute atomic E-state index is 0.860. The molecule has 0 bridgehead atoms. The summed E-state index contributed by atoms with van der Waals surface area (Å²) in [5.41, 5.74) is 5.19. The van der Waals surface area contributed by atoms with E-state index in [0.29, 0.717) is 0 Å². The summed E-state index contributed by atoms with van der Waals surface area (Å²) in [5, 5.41) is 0. The number of hydrogen-bond acceptors (Lipinski definition) is 4. The first-order valence-corrected chi connectivity index (χ1v) is 8.24. The first-order chi connectivity index (χ1) is 11.7. The molecular formula is C19H21N5. The van der Waals surface area contributed by atoms with Crippen LogP contribution in [-0.4, -0.2) is 52.7 Å². The Morgan fingerprint density at radius 1 is 1.00 bits per heavy atom. The fourth-order valence-electron chi connectivity index (χ4n) is 3.13. The maximum atomic E-state index is 4.44. The molecule has 0 N–H and O–H groups in total. The van der Waals surface area contributed by atoms with Crippen LogP contribution in [0, 0.1) is 0 Å². The summed E-state index contributed by atoms with van der Waals surface area (Å²) in [6, 6.07) is 10.7. The van der Waals surface area contributed by atoms with Gasteiger partial charge in [-0.15, -0.1) is 0 Å². The number of benzene rings is 1. The summed E-state index contributed by atoms with van der Waals surface area (Å²) < 4.78 is 2.10. The van der Waals surface area contributed by atoms with Crippen molar-refractivity contribution in [1.82, 2.24) is 19.4 Å². The Morgan fingerprint density at radius 2 is 1.71 bits per heavy atom. The molecular weight excluding hydrogens is 298 g/mol. The van der Waals surface area contributed by atoms with Gasteiger partial charge in [-0.05, 0) is 43.5 Å². The third-order valence-electron chi connectivity index (χ3n) is 4.66. The van der Waals surface area contributed by atoms with Crippen LogP contribution in [0.2, 0.25) is 0 Å². The van der Waals surface area contributed by atoms with Crippen molar-refractivity contribution in [3.63, 3.8) is 0 Å². The molecule has 4 rings (SSSR count). The molecule has 0 spiro atoms. The number of fused-ring (bicyclic) bond motifs is 1. The summed E-state index contributed by atoms with van der Waals surface area (Å²) >= 11 is 0. The summed E-state index contributed by atoms with van der Waals surface area (Å²) in [6.07, 6.45) is 5.40.